The average Bonchev–Trinajstić information content (AvgIpc) is 2.03. The van der Waals surface area contributed by atoms with E-state index in [1.165, 1.54) is 0 Å². The van der Waals surface area contributed by atoms with Crippen LogP contribution in [0.4, 0.5) is 0 Å². The van der Waals surface area contributed by atoms with Gasteiger partial charge in [-0.15, -0.1) is 0 Å². The van der Waals surface area contributed by atoms with Gasteiger partial charge in [0, 0.05) is 17.6 Å². The maximum atomic E-state index is 2.77. The quantitative estimate of drug-likeness (QED) is 0.375. The molecule has 1 aliphatic rings. The van der Waals surface area contributed by atoms with E-state index >= 15 is 0 Å². The minimum atomic E-state index is -0.884. The van der Waals surface area contributed by atoms with E-state index in [1.807, 2.05) is 0 Å². The molecule has 0 aromatic carbocycles. The topological polar surface area (TPSA) is 0 Å². The molecule has 1 rings (SSSR count). The Morgan fingerprint density at radius 1 is 0.524 bits per heavy atom. The molecule has 0 radical (unpaired) electrons. The Kier molecular flexibility index (Phi) is 5.56. The van der Waals surface area contributed by atoms with Crippen molar-refractivity contribution in [1.29, 1.82) is 0 Å². The first-order chi connectivity index (χ1) is 8.86. The van der Waals surface area contributed by atoms with Crippen molar-refractivity contribution in [2.45, 2.75) is 104 Å². The minimum absolute atomic E-state index is 0.177. The number of rotatable bonds is 0. The summed E-state index contributed by atoms with van der Waals surface area (Å²) in [5.41, 5.74) is 0. The van der Waals surface area contributed by atoms with Gasteiger partial charge in [0.05, 0.1) is 33.1 Å². The van der Waals surface area contributed by atoms with Crippen LogP contribution in [0, 0.1) is 0 Å². The molecule has 0 N–H and O–H groups in total. The van der Waals surface area contributed by atoms with E-state index in [2.05, 4.69) is 89.7 Å². The monoisotopic (exact) mass is 367 g/mol. The van der Waals surface area contributed by atoms with E-state index in [-0.39, 0.29) is 21.9 Å². The maximum Gasteiger partial charge on any atom is 0.0957 e. The van der Waals surface area contributed by atoms with Gasteiger partial charge in [-0.2, -0.15) is 0 Å². The van der Waals surface area contributed by atoms with Crippen LogP contribution >= 0.6 is 28.5 Å². The summed E-state index contributed by atoms with van der Waals surface area (Å²) in [6.45, 7) is 32.4. The van der Waals surface area contributed by atoms with Crippen LogP contribution in [-0.2, 0) is 0 Å². The van der Waals surface area contributed by atoms with Crippen LogP contribution in [0.2, 0.25) is 0 Å². The first-order valence-electron chi connectivity index (χ1n) is 8.14. The van der Waals surface area contributed by atoms with Gasteiger partial charge < -0.3 is 0 Å². The normalized spacial score (nSPS) is 35.6. The van der Waals surface area contributed by atoms with Crippen LogP contribution in [0.5, 0.6) is 0 Å². The van der Waals surface area contributed by atoms with Crippen molar-refractivity contribution < 1.29 is 0 Å². The van der Waals surface area contributed by atoms with Gasteiger partial charge in [0.15, 0.2) is 0 Å². The Labute approximate surface area is 139 Å². The molecule has 0 nitrogen and oxygen atoms in total. The standard InChI is InChI=1S/C17H39P4/c1-14(2,3)18-19(15(4,5)6)21(13,17(10,11)12)20(18)16(7,8)9/h1-13H3/q+1/t18?,19-,20-,21?/m0/s1. The third-order valence-corrected chi connectivity index (χ3v) is 54.7. The summed E-state index contributed by atoms with van der Waals surface area (Å²) in [4.78, 5) is 0. The lowest BCUT2D eigenvalue weighted by Gasteiger charge is -2.67. The van der Waals surface area contributed by atoms with Gasteiger partial charge in [-0.1, -0.05) is 62.3 Å². The Bertz CT molecular complexity index is 365. The van der Waals surface area contributed by atoms with Gasteiger partial charge in [0.25, 0.3) is 0 Å². The fraction of sp³-hybridized carbons (Fsp3) is 1.00. The zero-order valence-electron chi connectivity index (χ0n) is 16.8. The van der Waals surface area contributed by atoms with Gasteiger partial charge in [-0.25, -0.2) is 0 Å². The maximum absolute atomic E-state index is 2.77. The molecule has 1 aliphatic heterocycles. The summed E-state index contributed by atoms with van der Waals surface area (Å²) in [6.07, 6.45) is 0. The van der Waals surface area contributed by atoms with E-state index < -0.39 is 6.64 Å². The molecule has 0 unspecified atom stereocenters. The van der Waals surface area contributed by atoms with Crippen molar-refractivity contribution in [2.24, 2.45) is 0 Å². The summed E-state index contributed by atoms with van der Waals surface area (Å²) in [6, 6.07) is 0. The molecule has 0 amide bonds. The highest BCUT2D eigenvalue weighted by molar-refractivity contribution is 9.13. The third-order valence-electron chi connectivity index (χ3n) is 4.17. The van der Waals surface area contributed by atoms with Crippen molar-refractivity contribution in [1.82, 2.24) is 0 Å². The van der Waals surface area contributed by atoms with Crippen molar-refractivity contribution >= 4 is 28.5 Å². The van der Waals surface area contributed by atoms with Crippen LogP contribution < -0.4 is 0 Å². The van der Waals surface area contributed by atoms with Crippen LogP contribution in [0.25, 0.3) is 0 Å². The summed E-state index contributed by atoms with van der Waals surface area (Å²) in [5.74, 6) is 0. The predicted molar refractivity (Wildman–Crippen MR) is 113 cm³/mol. The first-order valence-corrected chi connectivity index (χ1v) is 17.2. The molecule has 0 aromatic heterocycles. The summed E-state index contributed by atoms with van der Waals surface area (Å²) in [5, 5.41) is 2.09. The highest BCUT2D eigenvalue weighted by Gasteiger charge is 2.78. The van der Waals surface area contributed by atoms with Crippen LogP contribution in [0.1, 0.15) is 83.1 Å². The van der Waals surface area contributed by atoms with E-state index in [0.717, 1.165) is 0 Å². The molecule has 1 saturated heterocycles. The molecule has 21 heavy (non-hydrogen) atoms. The van der Waals surface area contributed by atoms with E-state index in [9.17, 15) is 0 Å². The number of hydrogen-bond donors (Lipinski definition) is 0. The van der Waals surface area contributed by atoms with Gasteiger partial charge in [0.2, 0.25) is 0 Å². The molecule has 126 valence electrons. The van der Waals surface area contributed by atoms with E-state index in [4.69, 9.17) is 0 Å². The van der Waals surface area contributed by atoms with E-state index in [0.29, 0.717) is 20.6 Å². The molecule has 0 aliphatic carbocycles. The second-order valence-corrected chi connectivity index (χ2v) is 35.2. The minimum Gasteiger partial charge on any atom is -0.0553 e. The molecular formula is C17H39P4+. The fourth-order valence-electron chi connectivity index (χ4n) is 3.33. The lowest BCUT2D eigenvalue weighted by molar-refractivity contribution is 0.761. The second-order valence-electron chi connectivity index (χ2n) is 10.5. The molecule has 2 atom stereocenters. The summed E-state index contributed by atoms with van der Waals surface area (Å²) in [7, 11) is 0.540. The Morgan fingerprint density at radius 2 is 0.810 bits per heavy atom. The first kappa shape index (κ1) is 20.8. The van der Waals surface area contributed by atoms with Gasteiger partial charge in [0.1, 0.15) is 0 Å². The van der Waals surface area contributed by atoms with Crippen molar-refractivity contribution in [2.75, 3.05) is 6.66 Å². The van der Waals surface area contributed by atoms with Crippen molar-refractivity contribution in [3.8, 4) is 0 Å². The molecule has 0 bridgehead atoms. The Balaban J connectivity index is 3.52. The van der Waals surface area contributed by atoms with Crippen molar-refractivity contribution in [3.63, 3.8) is 0 Å². The van der Waals surface area contributed by atoms with Crippen LogP contribution in [-0.4, -0.2) is 27.3 Å². The van der Waals surface area contributed by atoms with Gasteiger partial charge in [-0.05, 0) is 25.9 Å². The second kappa shape index (κ2) is 5.62. The SMILES string of the molecule is CC(C)(C)P1[P@](C(C)(C)C)[P+](C)(C(C)(C)C)[P@@]1C(C)(C)C. The highest BCUT2D eigenvalue weighted by atomic mass is 33.0. The Morgan fingerprint density at radius 3 is 0.952 bits per heavy atom. The molecule has 0 aromatic rings. The zero-order valence-corrected chi connectivity index (χ0v) is 20.4. The van der Waals surface area contributed by atoms with Crippen LogP contribution in [0.15, 0.2) is 0 Å². The fourth-order valence-corrected chi connectivity index (χ4v) is 72.7. The summed E-state index contributed by atoms with van der Waals surface area (Å²) >= 11 is 0. The molecule has 0 saturated carbocycles. The van der Waals surface area contributed by atoms with Crippen LogP contribution in [0.3, 0.4) is 0 Å². The lowest BCUT2D eigenvalue weighted by atomic mass is 10.3. The largest absolute Gasteiger partial charge is 0.0957 e. The van der Waals surface area contributed by atoms with E-state index in [1.54, 1.807) is 0 Å². The molecule has 1 heterocycles. The van der Waals surface area contributed by atoms with Gasteiger partial charge >= 0.3 is 0 Å². The van der Waals surface area contributed by atoms with Gasteiger partial charge in [-0.3, -0.25) is 0 Å². The smallest absolute Gasteiger partial charge is 0.0553 e. The lowest BCUT2D eigenvalue weighted by Crippen LogP contribution is -2.34. The highest BCUT2D eigenvalue weighted by Crippen LogP contribution is 3.33. The van der Waals surface area contributed by atoms with Crippen molar-refractivity contribution in [3.05, 3.63) is 0 Å². The molecule has 0 spiro atoms. The Hall–Kier alpha value is 1.72. The molecule has 4 heteroatoms. The third kappa shape index (κ3) is 3.56. The predicted octanol–water partition coefficient (Wildman–Crippen LogP) is 8.95. The molecular weight excluding hydrogens is 328 g/mol. The average molecular weight is 367 g/mol. The summed E-state index contributed by atoms with van der Waals surface area (Å²) < 4.78 is 0. The zero-order chi connectivity index (χ0) is 17.2. The molecule has 1 fully saturated rings. The number of hydrogen-bond acceptors (Lipinski definition) is 0.